The number of aryl methyl sites for hydroxylation is 1. The van der Waals surface area contributed by atoms with Gasteiger partial charge < -0.3 is 14.1 Å². The molecule has 0 N–H and O–H groups in total. The molecule has 0 unspecified atom stereocenters. The second-order valence-corrected chi connectivity index (χ2v) is 9.53. The highest BCUT2D eigenvalue weighted by Crippen LogP contribution is 2.50. The molecule has 176 valence electrons. The van der Waals surface area contributed by atoms with Crippen molar-refractivity contribution < 1.29 is 13.9 Å². The molecule has 2 aromatic rings. The number of fused-ring (bicyclic) bond motifs is 1. The highest BCUT2D eigenvalue weighted by atomic mass is 16.5. The van der Waals surface area contributed by atoms with Crippen LogP contribution in [0.2, 0.25) is 0 Å². The molecule has 5 nitrogen and oxygen atoms in total. The SMILES string of the molecule is C=CCN1CC[C@@]2(c3cccc(OC)c3)C[C@H](N(C)C(=O)/C=C/c3ccoc3C)CC[C@@H]2C1. The zero-order chi connectivity index (χ0) is 23.4. The van der Waals surface area contributed by atoms with Gasteiger partial charge in [0.1, 0.15) is 11.5 Å². The van der Waals surface area contributed by atoms with E-state index in [1.54, 1.807) is 19.4 Å². The van der Waals surface area contributed by atoms with Crippen molar-refractivity contribution in [2.45, 2.75) is 44.1 Å². The average Bonchev–Trinajstić information content (AvgIpc) is 3.26. The van der Waals surface area contributed by atoms with Crippen molar-refractivity contribution in [2.24, 2.45) is 5.92 Å². The fourth-order valence-corrected chi connectivity index (χ4v) is 5.83. The van der Waals surface area contributed by atoms with Gasteiger partial charge in [-0.15, -0.1) is 6.58 Å². The predicted octanol–water partition coefficient (Wildman–Crippen LogP) is 5.07. The monoisotopic (exact) mass is 448 g/mol. The quantitative estimate of drug-likeness (QED) is 0.438. The molecular weight excluding hydrogens is 412 g/mol. The Morgan fingerprint density at radius 3 is 2.94 bits per heavy atom. The lowest BCUT2D eigenvalue weighted by Gasteiger charge is -2.54. The number of amides is 1. The maximum atomic E-state index is 13.1. The van der Waals surface area contributed by atoms with Gasteiger partial charge in [-0.3, -0.25) is 9.69 Å². The van der Waals surface area contributed by atoms with Gasteiger partial charge in [-0.2, -0.15) is 0 Å². The van der Waals surface area contributed by atoms with Crippen LogP contribution in [-0.2, 0) is 10.2 Å². The zero-order valence-corrected chi connectivity index (χ0v) is 20.1. The summed E-state index contributed by atoms with van der Waals surface area (Å²) < 4.78 is 10.9. The second-order valence-electron chi connectivity index (χ2n) is 9.53. The summed E-state index contributed by atoms with van der Waals surface area (Å²) in [4.78, 5) is 17.5. The molecule has 0 spiro atoms. The number of piperidine rings is 1. The van der Waals surface area contributed by atoms with Crippen molar-refractivity contribution in [3.8, 4) is 5.75 Å². The largest absolute Gasteiger partial charge is 0.497 e. The van der Waals surface area contributed by atoms with E-state index in [0.29, 0.717) is 5.92 Å². The Kier molecular flexibility index (Phi) is 7.08. The molecule has 1 amide bonds. The summed E-state index contributed by atoms with van der Waals surface area (Å²) in [5.74, 6) is 2.33. The van der Waals surface area contributed by atoms with Gasteiger partial charge in [0.05, 0.1) is 13.4 Å². The van der Waals surface area contributed by atoms with Gasteiger partial charge in [-0.05, 0) is 74.9 Å². The van der Waals surface area contributed by atoms with E-state index in [0.717, 1.165) is 62.4 Å². The molecule has 1 saturated carbocycles. The summed E-state index contributed by atoms with van der Waals surface area (Å²) >= 11 is 0. The molecule has 3 atom stereocenters. The van der Waals surface area contributed by atoms with Crippen LogP contribution in [0.15, 0.2) is 59.7 Å². The molecule has 2 fully saturated rings. The molecule has 1 saturated heterocycles. The van der Waals surface area contributed by atoms with Gasteiger partial charge in [-0.1, -0.05) is 18.2 Å². The number of benzene rings is 1. The standard InChI is InChI=1S/C28H36N2O3/c1-5-15-30-16-14-28(23-7-6-8-26(18-23)32-4)19-25(11-10-24(28)20-30)29(3)27(31)12-9-22-13-17-33-21(22)2/h5-9,12-13,17-18,24-25H,1,10-11,14-16,19-20H2,2-4H3/b12-9+/t24-,25-,28+/m1/s1. The fraction of sp³-hybridized carbons (Fsp3) is 0.464. The molecule has 2 aliphatic rings. The van der Waals surface area contributed by atoms with Crippen LogP contribution >= 0.6 is 0 Å². The molecule has 1 aliphatic heterocycles. The third-order valence-corrected chi connectivity index (χ3v) is 7.81. The lowest BCUT2D eigenvalue weighted by atomic mass is 9.57. The van der Waals surface area contributed by atoms with Gasteiger partial charge in [0, 0.05) is 43.2 Å². The normalized spacial score (nSPS) is 25.5. The number of carbonyl (C=O) groups excluding carboxylic acids is 1. The van der Waals surface area contributed by atoms with E-state index in [-0.39, 0.29) is 17.4 Å². The minimum absolute atomic E-state index is 0.0453. The molecular formula is C28H36N2O3. The first kappa shape index (κ1) is 23.4. The summed E-state index contributed by atoms with van der Waals surface area (Å²) in [6, 6.07) is 10.7. The molecule has 0 radical (unpaired) electrons. The number of hydrogen-bond donors (Lipinski definition) is 0. The molecule has 4 rings (SSSR count). The number of methoxy groups -OCH3 is 1. The first-order valence-corrected chi connectivity index (χ1v) is 11.9. The number of nitrogens with zero attached hydrogens (tertiary/aromatic N) is 2. The third kappa shape index (κ3) is 4.79. The van der Waals surface area contributed by atoms with E-state index >= 15 is 0 Å². The van der Waals surface area contributed by atoms with Crippen molar-refractivity contribution in [1.29, 1.82) is 0 Å². The predicted molar refractivity (Wildman–Crippen MR) is 132 cm³/mol. The molecule has 2 heterocycles. The van der Waals surface area contributed by atoms with Crippen LogP contribution in [0.1, 0.15) is 42.6 Å². The maximum Gasteiger partial charge on any atom is 0.246 e. The fourth-order valence-electron chi connectivity index (χ4n) is 5.83. The van der Waals surface area contributed by atoms with Gasteiger partial charge in [-0.25, -0.2) is 0 Å². The Bertz CT molecular complexity index is 1010. The second kappa shape index (κ2) is 10.0. The highest BCUT2D eigenvalue weighted by molar-refractivity contribution is 5.92. The van der Waals surface area contributed by atoms with Gasteiger partial charge >= 0.3 is 0 Å². The van der Waals surface area contributed by atoms with E-state index in [1.165, 1.54) is 5.56 Å². The Hall–Kier alpha value is -2.79. The van der Waals surface area contributed by atoms with Gasteiger partial charge in [0.15, 0.2) is 0 Å². The van der Waals surface area contributed by atoms with Crippen molar-refractivity contribution in [2.75, 3.05) is 33.8 Å². The summed E-state index contributed by atoms with van der Waals surface area (Å²) in [5, 5.41) is 0. The van der Waals surface area contributed by atoms with Crippen molar-refractivity contribution in [1.82, 2.24) is 9.80 Å². The Balaban J connectivity index is 1.57. The lowest BCUT2D eigenvalue weighted by Crippen LogP contribution is -2.56. The van der Waals surface area contributed by atoms with Gasteiger partial charge in [0.25, 0.3) is 0 Å². The minimum atomic E-state index is 0.0453. The zero-order valence-electron chi connectivity index (χ0n) is 20.1. The number of ether oxygens (including phenoxy) is 1. The smallest absolute Gasteiger partial charge is 0.246 e. The minimum Gasteiger partial charge on any atom is -0.497 e. The van der Waals surface area contributed by atoms with Crippen molar-refractivity contribution in [3.63, 3.8) is 0 Å². The first-order valence-electron chi connectivity index (χ1n) is 11.9. The average molecular weight is 449 g/mol. The molecule has 1 aliphatic carbocycles. The van der Waals surface area contributed by atoms with E-state index < -0.39 is 0 Å². The molecule has 1 aromatic carbocycles. The van der Waals surface area contributed by atoms with Crippen LogP contribution < -0.4 is 4.74 Å². The number of likely N-dealkylation sites (N-methyl/N-ethyl adjacent to an activating group) is 1. The third-order valence-electron chi connectivity index (χ3n) is 7.81. The summed E-state index contributed by atoms with van der Waals surface area (Å²) in [7, 11) is 3.68. The van der Waals surface area contributed by atoms with E-state index in [4.69, 9.17) is 9.15 Å². The van der Waals surface area contributed by atoms with E-state index in [1.807, 2.05) is 43.2 Å². The molecule has 33 heavy (non-hydrogen) atoms. The number of hydrogen-bond acceptors (Lipinski definition) is 4. The van der Waals surface area contributed by atoms with Crippen molar-refractivity contribution >= 4 is 12.0 Å². The number of rotatable bonds is 7. The Labute approximate surface area is 197 Å². The van der Waals surface area contributed by atoms with Crippen LogP contribution in [0.5, 0.6) is 5.75 Å². The van der Waals surface area contributed by atoms with Crippen LogP contribution in [0.3, 0.4) is 0 Å². The van der Waals surface area contributed by atoms with Crippen molar-refractivity contribution in [3.05, 3.63) is 72.2 Å². The van der Waals surface area contributed by atoms with Crippen LogP contribution in [0.4, 0.5) is 0 Å². The van der Waals surface area contributed by atoms with Crippen LogP contribution in [0, 0.1) is 12.8 Å². The summed E-state index contributed by atoms with van der Waals surface area (Å²) in [5.41, 5.74) is 2.34. The van der Waals surface area contributed by atoms with E-state index in [9.17, 15) is 4.79 Å². The van der Waals surface area contributed by atoms with Crippen LogP contribution in [0.25, 0.3) is 6.08 Å². The number of furan rings is 1. The van der Waals surface area contributed by atoms with Crippen LogP contribution in [-0.4, -0.2) is 55.5 Å². The maximum absolute atomic E-state index is 13.1. The molecule has 0 bridgehead atoms. The van der Waals surface area contributed by atoms with Gasteiger partial charge in [0.2, 0.25) is 5.91 Å². The Morgan fingerprint density at radius 1 is 1.36 bits per heavy atom. The lowest BCUT2D eigenvalue weighted by molar-refractivity contribution is -0.128. The first-order chi connectivity index (χ1) is 16.0. The number of likely N-dealkylation sites (tertiary alicyclic amines) is 1. The highest BCUT2D eigenvalue weighted by Gasteiger charge is 2.49. The summed E-state index contributed by atoms with van der Waals surface area (Å²) in [6.07, 6.45) is 11.4. The van der Waals surface area contributed by atoms with E-state index in [2.05, 4.69) is 29.7 Å². The number of carbonyl (C=O) groups is 1. The molecule has 1 aromatic heterocycles. The summed E-state index contributed by atoms with van der Waals surface area (Å²) in [6.45, 7) is 8.90. The molecule has 5 heteroatoms. The Morgan fingerprint density at radius 2 is 2.21 bits per heavy atom. The topological polar surface area (TPSA) is 45.9 Å².